The van der Waals surface area contributed by atoms with Gasteiger partial charge in [0.2, 0.25) is 0 Å². The summed E-state index contributed by atoms with van der Waals surface area (Å²) in [7, 11) is 1.98. The number of hydrogen-bond acceptors (Lipinski definition) is 3. The third-order valence-electron chi connectivity index (χ3n) is 3.41. The summed E-state index contributed by atoms with van der Waals surface area (Å²) in [6.45, 7) is 3.97. The van der Waals surface area contributed by atoms with E-state index in [-0.39, 0.29) is 23.2 Å². The van der Waals surface area contributed by atoms with Crippen molar-refractivity contribution in [3.05, 3.63) is 29.3 Å². The first kappa shape index (κ1) is 13.7. The number of carbonyl (C=O) groups excluding carboxylic acids is 1. The molecule has 0 spiro atoms. The van der Waals surface area contributed by atoms with Crippen LogP contribution in [-0.2, 0) is 0 Å². The van der Waals surface area contributed by atoms with Crippen molar-refractivity contribution in [3.8, 4) is 0 Å². The van der Waals surface area contributed by atoms with Crippen LogP contribution in [0.25, 0.3) is 0 Å². The summed E-state index contributed by atoms with van der Waals surface area (Å²) in [4.78, 5) is 16.1. The molecule has 104 valence electrons. The van der Waals surface area contributed by atoms with Crippen molar-refractivity contribution in [2.45, 2.75) is 13.0 Å². The number of anilines is 1. The number of benzene rings is 1. The van der Waals surface area contributed by atoms with Gasteiger partial charge in [-0.3, -0.25) is 4.79 Å². The number of nitrogens with zero attached hydrogens (tertiary/aromatic N) is 2. The normalized spacial score (nSPS) is 20.6. The molecule has 19 heavy (non-hydrogen) atoms. The highest BCUT2D eigenvalue weighted by Gasteiger charge is 2.28. The van der Waals surface area contributed by atoms with Gasteiger partial charge in [-0.05, 0) is 20.0 Å². The summed E-state index contributed by atoms with van der Waals surface area (Å²) in [6.07, 6.45) is 0. The number of piperazine rings is 1. The second-order valence-electron chi connectivity index (χ2n) is 4.96. The van der Waals surface area contributed by atoms with Gasteiger partial charge in [0.1, 0.15) is 0 Å². The summed E-state index contributed by atoms with van der Waals surface area (Å²) in [5.41, 5.74) is 5.60. The lowest BCUT2D eigenvalue weighted by Gasteiger charge is -2.38. The molecular weight excluding hydrogens is 252 g/mol. The molecule has 1 aromatic rings. The number of halogens is 2. The van der Waals surface area contributed by atoms with E-state index in [9.17, 15) is 13.6 Å². The number of likely N-dealkylation sites (N-methyl/N-ethyl adjacent to an activating group) is 1. The Kier molecular flexibility index (Phi) is 3.71. The van der Waals surface area contributed by atoms with E-state index in [0.717, 1.165) is 25.2 Å². The molecule has 1 amide bonds. The molecular formula is C13H17F2N3O. The molecule has 1 heterocycles. The minimum absolute atomic E-state index is 0.0127. The SMILES string of the molecule is CC1CN(C)CCN1C(=O)c1cc(F)c(F)cc1N. The number of nitrogens with two attached hydrogens (primary N) is 1. The van der Waals surface area contributed by atoms with Crippen molar-refractivity contribution in [1.29, 1.82) is 0 Å². The van der Waals surface area contributed by atoms with E-state index in [1.54, 1.807) is 4.90 Å². The van der Waals surface area contributed by atoms with Crippen molar-refractivity contribution >= 4 is 11.6 Å². The first-order chi connectivity index (χ1) is 8.90. The van der Waals surface area contributed by atoms with Gasteiger partial charge in [-0.15, -0.1) is 0 Å². The van der Waals surface area contributed by atoms with Gasteiger partial charge in [-0.25, -0.2) is 8.78 Å². The molecule has 4 nitrogen and oxygen atoms in total. The van der Waals surface area contributed by atoms with Crippen LogP contribution in [0.3, 0.4) is 0 Å². The summed E-state index contributed by atoms with van der Waals surface area (Å²) in [6, 6.07) is 1.74. The lowest BCUT2D eigenvalue weighted by atomic mass is 10.1. The molecule has 1 aliphatic rings. The third kappa shape index (κ3) is 2.68. The average Bonchev–Trinajstić information content (AvgIpc) is 2.33. The zero-order valence-corrected chi connectivity index (χ0v) is 11.0. The molecule has 1 aliphatic heterocycles. The van der Waals surface area contributed by atoms with Gasteiger partial charge in [0.05, 0.1) is 5.56 Å². The molecule has 0 bridgehead atoms. The van der Waals surface area contributed by atoms with Gasteiger partial charge >= 0.3 is 0 Å². The van der Waals surface area contributed by atoms with E-state index >= 15 is 0 Å². The van der Waals surface area contributed by atoms with Crippen LogP contribution in [-0.4, -0.2) is 48.4 Å². The highest BCUT2D eigenvalue weighted by molar-refractivity contribution is 5.99. The van der Waals surface area contributed by atoms with E-state index in [1.165, 1.54) is 0 Å². The molecule has 1 fully saturated rings. The monoisotopic (exact) mass is 269 g/mol. The summed E-state index contributed by atoms with van der Waals surface area (Å²) in [5.74, 6) is -2.45. The van der Waals surface area contributed by atoms with Gasteiger partial charge in [0, 0.05) is 37.4 Å². The molecule has 1 unspecified atom stereocenters. The van der Waals surface area contributed by atoms with Crippen LogP contribution in [0.15, 0.2) is 12.1 Å². The fraction of sp³-hybridized carbons (Fsp3) is 0.462. The third-order valence-corrected chi connectivity index (χ3v) is 3.41. The second kappa shape index (κ2) is 5.13. The molecule has 0 saturated carbocycles. The predicted octanol–water partition coefficient (Wildman–Crippen LogP) is 1.32. The first-order valence-electron chi connectivity index (χ1n) is 6.14. The van der Waals surface area contributed by atoms with Crippen LogP contribution in [0, 0.1) is 11.6 Å². The van der Waals surface area contributed by atoms with Crippen LogP contribution < -0.4 is 5.73 Å². The molecule has 1 saturated heterocycles. The van der Waals surface area contributed by atoms with E-state index in [2.05, 4.69) is 4.90 Å². The Balaban J connectivity index is 2.27. The van der Waals surface area contributed by atoms with Crippen molar-refractivity contribution in [3.63, 3.8) is 0 Å². The molecule has 0 aliphatic carbocycles. The maximum absolute atomic E-state index is 13.2. The van der Waals surface area contributed by atoms with Gasteiger partial charge < -0.3 is 15.5 Å². The van der Waals surface area contributed by atoms with Gasteiger partial charge in [-0.2, -0.15) is 0 Å². The summed E-state index contributed by atoms with van der Waals surface area (Å²) in [5, 5.41) is 0. The number of carbonyl (C=O) groups is 1. The molecule has 1 aromatic carbocycles. The van der Waals surface area contributed by atoms with Crippen molar-refractivity contribution in [2.75, 3.05) is 32.4 Å². The quantitative estimate of drug-likeness (QED) is 0.782. The standard InChI is InChI=1S/C13H17F2N3O/c1-8-7-17(2)3-4-18(8)13(19)9-5-10(14)11(15)6-12(9)16/h5-6,8H,3-4,7,16H2,1-2H3. The Morgan fingerprint density at radius 1 is 1.32 bits per heavy atom. The van der Waals surface area contributed by atoms with E-state index < -0.39 is 11.6 Å². The van der Waals surface area contributed by atoms with E-state index in [4.69, 9.17) is 5.73 Å². The van der Waals surface area contributed by atoms with Crippen LogP contribution >= 0.6 is 0 Å². The summed E-state index contributed by atoms with van der Waals surface area (Å²) >= 11 is 0. The molecule has 6 heteroatoms. The molecule has 2 rings (SSSR count). The maximum atomic E-state index is 13.2. The van der Waals surface area contributed by atoms with Crippen LogP contribution in [0.5, 0.6) is 0 Å². The van der Waals surface area contributed by atoms with Crippen molar-refractivity contribution < 1.29 is 13.6 Å². The second-order valence-corrected chi connectivity index (χ2v) is 4.96. The number of amides is 1. The van der Waals surface area contributed by atoms with Gasteiger partial charge in [0.15, 0.2) is 11.6 Å². The molecule has 2 N–H and O–H groups in total. The first-order valence-corrected chi connectivity index (χ1v) is 6.14. The maximum Gasteiger partial charge on any atom is 0.256 e. The average molecular weight is 269 g/mol. The van der Waals surface area contributed by atoms with Gasteiger partial charge in [0.25, 0.3) is 5.91 Å². The lowest BCUT2D eigenvalue weighted by Crippen LogP contribution is -2.52. The smallest absolute Gasteiger partial charge is 0.256 e. The zero-order chi connectivity index (χ0) is 14.2. The molecule has 0 aromatic heterocycles. The van der Waals surface area contributed by atoms with Crippen molar-refractivity contribution in [2.24, 2.45) is 0 Å². The van der Waals surface area contributed by atoms with Crippen LogP contribution in [0.4, 0.5) is 14.5 Å². The van der Waals surface area contributed by atoms with Crippen molar-refractivity contribution in [1.82, 2.24) is 9.80 Å². The highest BCUT2D eigenvalue weighted by Crippen LogP contribution is 2.21. The highest BCUT2D eigenvalue weighted by atomic mass is 19.2. The van der Waals surface area contributed by atoms with E-state index in [1.807, 2.05) is 14.0 Å². The number of rotatable bonds is 1. The van der Waals surface area contributed by atoms with Gasteiger partial charge in [-0.1, -0.05) is 0 Å². The lowest BCUT2D eigenvalue weighted by molar-refractivity contribution is 0.0534. The minimum Gasteiger partial charge on any atom is -0.398 e. The Morgan fingerprint density at radius 3 is 2.58 bits per heavy atom. The molecule has 0 radical (unpaired) electrons. The van der Waals surface area contributed by atoms with E-state index in [0.29, 0.717) is 6.54 Å². The Morgan fingerprint density at radius 2 is 1.95 bits per heavy atom. The predicted molar refractivity (Wildman–Crippen MR) is 68.8 cm³/mol. The van der Waals surface area contributed by atoms with Crippen LogP contribution in [0.2, 0.25) is 0 Å². The Hall–Kier alpha value is -1.69. The number of nitrogen functional groups attached to an aromatic ring is 1. The molecule has 1 atom stereocenters. The minimum atomic E-state index is -1.06. The summed E-state index contributed by atoms with van der Waals surface area (Å²) < 4.78 is 26.2. The Labute approximate surface area is 110 Å². The fourth-order valence-electron chi connectivity index (χ4n) is 2.34. The fourth-order valence-corrected chi connectivity index (χ4v) is 2.34. The zero-order valence-electron chi connectivity index (χ0n) is 11.0. The van der Waals surface area contributed by atoms with Crippen LogP contribution in [0.1, 0.15) is 17.3 Å². The topological polar surface area (TPSA) is 49.6 Å². The Bertz CT molecular complexity index is 507. The largest absolute Gasteiger partial charge is 0.398 e. The number of hydrogen-bond donors (Lipinski definition) is 1.